The predicted molar refractivity (Wildman–Crippen MR) is 108 cm³/mol. The first kappa shape index (κ1) is 17.9. The minimum Gasteiger partial charge on any atom is -0.493 e. The first-order chi connectivity index (χ1) is 12.5. The second-order valence-electron chi connectivity index (χ2n) is 6.57. The summed E-state index contributed by atoms with van der Waals surface area (Å²) in [4.78, 5) is 0. The molecule has 0 saturated carbocycles. The van der Waals surface area contributed by atoms with Gasteiger partial charge in [-0.2, -0.15) is 0 Å². The number of anilines is 1. The number of methoxy groups -OCH3 is 2. The Labute approximate surface area is 168 Å². The van der Waals surface area contributed by atoms with Crippen LogP contribution in [0.15, 0.2) is 45.4 Å². The summed E-state index contributed by atoms with van der Waals surface area (Å²) >= 11 is 6.98. The zero-order chi connectivity index (χ0) is 18.4. The molecule has 0 unspecified atom stereocenters. The van der Waals surface area contributed by atoms with E-state index in [1.807, 2.05) is 18.2 Å². The lowest BCUT2D eigenvalue weighted by Gasteiger charge is -2.38. The molecule has 0 aromatic heterocycles. The van der Waals surface area contributed by atoms with E-state index in [-0.39, 0.29) is 17.8 Å². The van der Waals surface area contributed by atoms with Crippen LogP contribution in [0.2, 0.25) is 0 Å². The van der Waals surface area contributed by atoms with Crippen molar-refractivity contribution in [2.75, 3.05) is 19.5 Å². The van der Waals surface area contributed by atoms with Crippen molar-refractivity contribution >= 4 is 37.5 Å². The van der Waals surface area contributed by atoms with Crippen LogP contribution in [0.1, 0.15) is 29.5 Å². The van der Waals surface area contributed by atoms with Crippen molar-refractivity contribution < 1.29 is 13.9 Å². The Hall–Kier alpha value is -1.53. The van der Waals surface area contributed by atoms with Crippen LogP contribution in [0.5, 0.6) is 11.5 Å². The van der Waals surface area contributed by atoms with Crippen molar-refractivity contribution in [3.63, 3.8) is 0 Å². The topological polar surface area (TPSA) is 30.5 Å². The zero-order valence-corrected chi connectivity index (χ0v) is 17.5. The van der Waals surface area contributed by atoms with Crippen LogP contribution in [0, 0.1) is 11.7 Å². The second-order valence-corrected chi connectivity index (χ2v) is 8.34. The van der Waals surface area contributed by atoms with Gasteiger partial charge in [-0.3, -0.25) is 0 Å². The largest absolute Gasteiger partial charge is 0.493 e. The minimum atomic E-state index is -0.238. The number of allylic oxidation sites excluding steroid dienone is 2. The molecule has 4 rings (SSSR count). The maximum atomic E-state index is 14.7. The van der Waals surface area contributed by atoms with Crippen molar-refractivity contribution in [2.45, 2.75) is 18.4 Å². The van der Waals surface area contributed by atoms with E-state index in [2.05, 4.69) is 49.3 Å². The summed E-state index contributed by atoms with van der Waals surface area (Å²) in [6.45, 7) is 0. The molecule has 1 aliphatic heterocycles. The fourth-order valence-corrected chi connectivity index (χ4v) is 5.14. The number of fused-ring (bicyclic) bond motifs is 3. The molecule has 2 aromatic carbocycles. The lowest BCUT2D eigenvalue weighted by Crippen LogP contribution is -2.29. The van der Waals surface area contributed by atoms with Crippen LogP contribution in [0.4, 0.5) is 10.1 Å². The van der Waals surface area contributed by atoms with Crippen LogP contribution >= 0.6 is 31.9 Å². The van der Waals surface area contributed by atoms with Crippen LogP contribution in [-0.4, -0.2) is 14.2 Å². The van der Waals surface area contributed by atoms with Gasteiger partial charge in [-0.25, -0.2) is 4.39 Å². The molecule has 0 radical (unpaired) electrons. The Morgan fingerprint density at radius 2 is 1.92 bits per heavy atom. The van der Waals surface area contributed by atoms with E-state index in [9.17, 15) is 4.39 Å². The van der Waals surface area contributed by atoms with Gasteiger partial charge < -0.3 is 14.8 Å². The van der Waals surface area contributed by atoms with Gasteiger partial charge in [0.15, 0.2) is 11.5 Å². The average molecular weight is 483 g/mol. The van der Waals surface area contributed by atoms with Crippen molar-refractivity contribution in [3.05, 3.63) is 62.3 Å². The van der Waals surface area contributed by atoms with Gasteiger partial charge in [-0.05, 0) is 63.7 Å². The summed E-state index contributed by atoms with van der Waals surface area (Å²) in [5, 5.41) is 3.44. The molecular weight excluding hydrogens is 465 g/mol. The van der Waals surface area contributed by atoms with Gasteiger partial charge in [0.25, 0.3) is 0 Å². The van der Waals surface area contributed by atoms with Gasteiger partial charge in [-0.1, -0.05) is 28.1 Å². The third-order valence-electron chi connectivity index (χ3n) is 5.20. The maximum Gasteiger partial charge on any atom is 0.174 e. The molecule has 0 saturated heterocycles. The van der Waals surface area contributed by atoms with E-state index in [0.717, 1.165) is 26.5 Å². The first-order valence-electron chi connectivity index (χ1n) is 8.37. The van der Waals surface area contributed by atoms with Crippen molar-refractivity contribution in [3.8, 4) is 11.5 Å². The van der Waals surface area contributed by atoms with Crippen LogP contribution < -0.4 is 14.8 Å². The predicted octanol–water partition coefficient (Wildman–Crippen LogP) is 6.19. The summed E-state index contributed by atoms with van der Waals surface area (Å²) in [5.41, 5.74) is 2.63. The van der Waals surface area contributed by atoms with E-state index in [4.69, 9.17) is 9.47 Å². The lowest BCUT2D eigenvalue weighted by atomic mass is 9.77. The number of nitrogens with one attached hydrogen (secondary N) is 1. The third kappa shape index (κ3) is 2.83. The number of benzene rings is 2. The number of hydrogen-bond acceptors (Lipinski definition) is 3. The SMILES string of the molecule is COc1cc([C@@H]2Nc3c(F)cc(Br)cc3[C@@H]3C=CC[C@H]32)cc(Br)c1OC. The number of hydrogen-bond donors (Lipinski definition) is 1. The van der Waals surface area contributed by atoms with E-state index >= 15 is 0 Å². The number of halogens is 3. The highest BCUT2D eigenvalue weighted by Crippen LogP contribution is 2.52. The average Bonchev–Trinajstić information content (AvgIpc) is 3.10. The Bertz CT molecular complexity index is 900. The summed E-state index contributed by atoms with van der Waals surface area (Å²) in [6, 6.07) is 7.50. The Kier molecular flexibility index (Phi) is 4.73. The van der Waals surface area contributed by atoms with E-state index in [0.29, 0.717) is 23.1 Å². The standard InChI is InChI=1S/C20H18Br2FNO2/c1-25-17-7-10(6-15(22)20(17)26-2)18-13-5-3-4-12(13)14-8-11(21)9-16(23)19(14)24-18/h3-4,6-9,12-13,18,24H,5H2,1-2H3/t12-,13-,18+/m1/s1. The number of ether oxygens (including phenoxy) is 2. The van der Waals surface area contributed by atoms with Crippen molar-refractivity contribution in [2.24, 2.45) is 5.92 Å². The van der Waals surface area contributed by atoms with E-state index < -0.39 is 0 Å². The molecule has 3 atom stereocenters. The van der Waals surface area contributed by atoms with Gasteiger partial charge in [0.1, 0.15) is 5.82 Å². The second kappa shape index (κ2) is 6.89. The molecule has 1 heterocycles. The number of rotatable bonds is 3. The molecule has 0 spiro atoms. The van der Waals surface area contributed by atoms with Gasteiger partial charge >= 0.3 is 0 Å². The quantitative estimate of drug-likeness (QED) is 0.528. The van der Waals surface area contributed by atoms with E-state index in [1.54, 1.807) is 14.2 Å². The summed E-state index contributed by atoms with van der Waals surface area (Å²) in [7, 11) is 3.23. The zero-order valence-electron chi connectivity index (χ0n) is 14.4. The maximum absolute atomic E-state index is 14.7. The van der Waals surface area contributed by atoms with Crippen molar-refractivity contribution in [1.29, 1.82) is 0 Å². The summed E-state index contributed by atoms with van der Waals surface area (Å²) in [6.07, 6.45) is 5.33. The van der Waals surface area contributed by atoms with Crippen LogP contribution in [0.25, 0.3) is 0 Å². The first-order valence-corrected chi connectivity index (χ1v) is 9.95. The molecule has 3 nitrogen and oxygen atoms in total. The fourth-order valence-electron chi connectivity index (χ4n) is 4.07. The molecule has 2 aromatic rings. The molecular formula is C20H18Br2FNO2. The van der Waals surface area contributed by atoms with Crippen LogP contribution in [0.3, 0.4) is 0 Å². The molecule has 0 bridgehead atoms. The summed E-state index contributed by atoms with van der Waals surface area (Å²) in [5.74, 6) is 1.58. The van der Waals surface area contributed by atoms with Gasteiger partial charge in [0.2, 0.25) is 0 Å². The van der Waals surface area contributed by atoms with Crippen LogP contribution in [-0.2, 0) is 0 Å². The Balaban J connectivity index is 1.82. The Morgan fingerprint density at radius 3 is 2.65 bits per heavy atom. The molecule has 0 amide bonds. The molecule has 26 heavy (non-hydrogen) atoms. The minimum absolute atomic E-state index is 0.0192. The monoisotopic (exact) mass is 481 g/mol. The van der Waals surface area contributed by atoms with Gasteiger partial charge in [0, 0.05) is 10.4 Å². The molecule has 136 valence electrons. The van der Waals surface area contributed by atoms with Gasteiger partial charge in [-0.15, -0.1) is 0 Å². The smallest absolute Gasteiger partial charge is 0.174 e. The van der Waals surface area contributed by atoms with E-state index in [1.165, 1.54) is 6.07 Å². The van der Waals surface area contributed by atoms with Gasteiger partial charge in [0.05, 0.1) is 30.4 Å². The molecule has 1 N–H and O–H groups in total. The summed E-state index contributed by atoms with van der Waals surface area (Å²) < 4.78 is 27.1. The lowest BCUT2D eigenvalue weighted by molar-refractivity contribution is 0.351. The molecule has 2 aliphatic rings. The third-order valence-corrected chi connectivity index (χ3v) is 6.25. The highest BCUT2D eigenvalue weighted by atomic mass is 79.9. The Morgan fingerprint density at radius 1 is 1.12 bits per heavy atom. The fraction of sp³-hybridized carbons (Fsp3) is 0.300. The van der Waals surface area contributed by atoms with Crippen molar-refractivity contribution in [1.82, 2.24) is 0 Å². The normalized spacial score (nSPS) is 23.2. The highest BCUT2D eigenvalue weighted by molar-refractivity contribution is 9.10. The highest BCUT2D eigenvalue weighted by Gasteiger charge is 2.39. The molecule has 1 aliphatic carbocycles. The molecule has 0 fully saturated rings. The molecule has 6 heteroatoms.